The molecule has 0 aromatic rings. The van der Waals surface area contributed by atoms with Gasteiger partial charge >= 0.3 is 0 Å². The van der Waals surface area contributed by atoms with Crippen molar-refractivity contribution in [3.63, 3.8) is 0 Å². The third-order valence-electron chi connectivity index (χ3n) is 1.30. The van der Waals surface area contributed by atoms with Gasteiger partial charge in [-0.25, -0.2) is 0 Å². The van der Waals surface area contributed by atoms with Crippen LogP contribution in [-0.4, -0.2) is 35.6 Å². The summed E-state index contributed by atoms with van der Waals surface area (Å²) in [5.41, 5.74) is 0. The van der Waals surface area contributed by atoms with E-state index < -0.39 is 9.93 Å². The summed E-state index contributed by atoms with van der Waals surface area (Å²) in [5, 5.41) is 3.20. The summed E-state index contributed by atoms with van der Waals surface area (Å²) in [7, 11) is -1.75. The molecule has 2 nitrogen and oxygen atoms in total. The van der Waals surface area contributed by atoms with Gasteiger partial charge in [-0.15, -0.1) is 9.93 Å². The Labute approximate surface area is 64.8 Å². The molecular weight excluding hydrogens is 146 g/mol. The lowest BCUT2D eigenvalue weighted by Crippen LogP contribution is -2.19. The molecule has 0 fully saturated rings. The third-order valence-corrected chi connectivity index (χ3v) is 2.69. The first kappa shape index (κ1) is 10.1. The molecule has 0 radical (unpaired) electrons. The first-order valence-corrected chi connectivity index (χ1v) is 6.59. The fourth-order valence-corrected chi connectivity index (χ4v) is 1.68. The molecule has 10 heavy (non-hydrogen) atoms. The Morgan fingerprint density at radius 1 is 1.40 bits per heavy atom. The number of nitrogens with one attached hydrogen (secondary N) is 1. The van der Waals surface area contributed by atoms with E-state index in [1.54, 1.807) is 0 Å². The summed E-state index contributed by atoms with van der Waals surface area (Å²) in [6.07, 6.45) is 4.73. The van der Waals surface area contributed by atoms with Crippen LogP contribution in [0.5, 0.6) is 0 Å². The first-order chi connectivity index (χ1) is 4.56. The molecule has 0 spiro atoms. The predicted octanol–water partition coefficient (Wildman–Crippen LogP) is 0.262. The smallest absolute Gasteiger partial charge is 0.00198 e. The van der Waals surface area contributed by atoms with E-state index in [0.717, 1.165) is 25.3 Å². The molecule has 0 atom stereocenters. The lowest BCUT2D eigenvalue weighted by molar-refractivity contribution is 0.665. The third kappa shape index (κ3) is 8.11. The standard InChI is InChI=1S/C7H19NOS/c1-4-8-6-5-7-10(2,3)9/h8,10H,4-7H2,1-3H3. The van der Waals surface area contributed by atoms with E-state index in [0.29, 0.717) is 0 Å². The Kier molecular flexibility index (Phi) is 4.91. The van der Waals surface area contributed by atoms with E-state index in [1.807, 2.05) is 12.5 Å². The van der Waals surface area contributed by atoms with Crippen molar-refractivity contribution in [2.75, 3.05) is 31.4 Å². The second kappa shape index (κ2) is 4.85. The maximum atomic E-state index is 11.1. The van der Waals surface area contributed by atoms with Gasteiger partial charge in [0, 0.05) is 5.75 Å². The minimum atomic E-state index is -1.75. The summed E-state index contributed by atoms with van der Waals surface area (Å²) in [5.74, 6) is 0.875. The molecule has 0 aliphatic carbocycles. The maximum Gasteiger partial charge on any atom is 0.00198 e. The van der Waals surface area contributed by atoms with Crippen molar-refractivity contribution in [3.8, 4) is 0 Å². The molecule has 0 saturated carbocycles. The minimum absolute atomic E-state index is 0.875. The second-order valence-electron chi connectivity index (χ2n) is 3.00. The van der Waals surface area contributed by atoms with E-state index in [9.17, 15) is 4.21 Å². The van der Waals surface area contributed by atoms with Crippen LogP contribution < -0.4 is 5.32 Å². The van der Waals surface area contributed by atoms with E-state index in [4.69, 9.17) is 0 Å². The van der Waals surface area contributed by atoms with Crippen LogP contribution in [0.15, 0.2) is 0 Å². The average molecular weight is 165 g/mol. The molecule has 0 aromatic heterocycles. The summed E-state index contributed by atoms with van der Waals surface area (Å²) in [6, 6.07) is 0. The number of hydrogen-bond acceptors (Lipinski definition) is 2. The monoisotopic (exact) mass is 165 g/mol. The Morgan fingerprint density at radius 3 is 2.40 bits per heavy atom. The Bertz CT molecular complexity index is 119. The van der Waals surface area contributed by atoms with Crippen LogP contribution >= 0.6 is 0 Å². The van der Waals surface area contributed by atoms with Crippen molar-refractivity contribution in [1.82, 2.24) is 5.32 Å². The molecule has 0 rings (SSSR count). The zero-order valence-corrected chi connectivity index (χ0v) is 8.08. The Morgan fingerprint density at radius 2 is 2.00 bits per heavy atom. The molecule has 0 aliphatic heterocycles. The van der Waals surface area contributed by atoms with E-state index in [1.165, 1.54) is 0 Å². The molecular formula is C7H19NOS. The molecule has 0 saturated heterocycles. The summed E-state index contributed by atoms with van der Waals surface area (Å²) < 4.78 is 11.1. The first-order valence-electron chi connectivity index (χ1n) is 3.81. The average Bonchev–Trinajstić information content (AvgIpc) is 1.78. The van der Waals surface area contributed by atoms with Gasteiger partial charge < -0.3 is 5.32 Å². The van der Waals surface area contributed by atoms with Crippen LogP contribution in [0, 0.1) is 0 Å². The van der Waals surface area contributed by atoms with Gasteiger partial charge in [-0.05, 0) is 32.0 Å². The van der Waals surface area contributed by atoms with Crippen LogP contribution in [-0.2, 0) is 9.93 Å². The zero-order chi connectivity index (χ0) is 8.04. The largest absolute Gasteiger partial charge is 0.317 e. The van der Waals surface area contributed by atoms with Crippen LogP contribution in [0.4, 0.5) is 0 Å². The van der Waals surface area contributed by atoms with Crippen LogP contribution in [0.25, 0.3) is 0 Å². The summed E-state index contributed by atoms with van der Waals surface area (Å²) >= 11 is 0. The van der Waals surface area contributed by atoms with Crippen molar-refractivity contribution >= 4 is 9.93 Å². The molecule has 0 unspecified atom stereocenters. The number of hydrogen-bond donors (Lipinski definition) is 2. The fourth-order valence-electron chi connectivity index (χ4n) is 0.762. The van der Waals surface area contributed by atoms with Gasteiger partial charge in [-0.1, -0.05) is 6.92 Å². The van der Waals surface area contributed by atoms with Crippen molar-refractivity contribution in [3.05, 3.63) is 0 Å². The molecule has 0 aliphatic rings. The highest BCUT2D eigenvalue weighted by molar-refractivity contribution is 8.01. The molecule has 0 amide bonds. The molecule has 64 valence electrons. The summed E-state index contributed by atoms with van der Waals surface area (Å²) in [6.45, 7) is 4.09. The van der Waals surface area contributed by atoms with Gasteiger partial charge in [0.1, 0.15) is 0 Å². The minimum Gasteiger partial charge on any atom is -0.317 e. The van der Waals surface area contributed by atoms with Gasteiger partial charge in [0.25, 0.3) is 0 Å². The van der Waals surface area contributed by atoms with E-state index in [2.05, 4.69) is 12.2 Å². The fraction of sp³-hybridized carbons (Fsp3) is 1.00. The highest BCUT2D eigenvalue weighted by Crippen LogP contribution is 1.94. The van der Waals surface area contributed by atoms with E-state index in [-0.39, 0.29) is 0 Å². The highest BCUT2D eigenvalue weighted by Gasteiger charge is 1.98. The van der Waals surface area contributed by atoms with Gasteiger partial charge in [-0.2, -0.15) is 0 Å². The maximum absolute atomic E-state index is 11.1. The number of thiol groups is 1. The zero-order valence-electron chi connectivity index (χ0n) is 7.18. The summed E-state index contributed by atoms with van der Waals surface area (Å²) in [4.78, 5) is 0. The van der Waals surface area contributed by atoms with Gasteiger partial charge in [-0.3, -0.25) is 4.21 Å². The van der Waals surface area contributed by atoms with Crippen LogP contribution in [0.2, 0.25) is 0 Å². The van der Waals surface area contributed by atoms with Gasteiger partial charge in [0.15, 0.2) is 0 Å². The Balaban J connectivity index is 3.13. The van der Waals surface area contributed by atoms with Crippen molar-refractivity contribution in [2.45, 2.75) is 13.3 Å². The second-order valence-corrected chi connectivity index (χ2v) is 6.60. The van der Waals surface area contributed by atoms with Gasteiger partial charge in [0.2, 0.25) is 0 Å². The lowest BCUT2D eigenvalue weighted by atomic mass is 10.5. The molecule has 0 aromatic carbocycles. The predicted molar refractivity (Wildman–Crippen MR) is 49.4 cm³/mol. The topological polar surface area (TPSA) is 29.1 Å². The number of rotatable bonds is 5. The Hall–Kier alpha value is 0.110. The quantitative estimate of drug-likeness (QED) is 0.452. The normalized spacial score (nSPS) is 13.5. The molecule has 1 N–H and O–H groups in total. The molecule has 0 bridgehead atoms. The lowest BCUT2D eigenvalue weighted by Gasteiger charge is -2.10. The molecule has 3 heteroatoms. The van der Waals surface area contributed by atoms with Crippen molar-refractivity contribution in [1.29, 1.82) is 0 Å². The van der Waals surface area contributed by atoms with Crippen molar-refractivity contribution in [2.24, 2.45) is 0 Å². The molecule has 0 heterocycles. The van der Waals surface area contributed by atoms with Crippen LogP contribution in [0.3, 0.4) is 0 Å². The highest BCUT2D eigenvalue weighted by atomic mass is 32.2. The van der Waals surface area contributed by atoms with E-state index >= 15 is 0 Å². The van der Waals surface area contributed by atoms with Crippen LogP contribution in [0.1, 0.15) is 13.3 Å². The SMILES string of the molecule is CCNCCC[SH](C)(C)=O. The van der Waals surface area contributed by atoms with Crippen molar-refractivity contribution < 1.29 is 4.21 Å². The van der Waals surface area contributed by atoms with Gasteiger partial charge in [0.05, 0.1) is 0 Å².